The molecule has 1 aromatic carbocycles. The maximum Gasteiger partial charge on any atom is 0.322 e. The Labute approximate surface area is 122 Å². The van der Waals surface area contributed by atoms with E-state index in [2.05, 4.69) is 5.32 Å². The van der Waals surface area contributed by atoms with Crippen LogP contribution in [0.1, 0.15) is 30.9 Å². The summed E-state index contributed by atoms with van der Waals surface area (Å²) < 4.78 is 0. The molecule has 5 heteroatoms. The van der Waals surface area contributed by atoms with E-state index in [1.807, 2.05) is 12.1 Å². The Kier molecular flexibility index (Phi) is 3.26. The number of amides is 2. The van der Waals surface area contributed by atoms with Gasteiger partial charge in [-0.25, -0.2) is 4.79 Å². The minimum Gasteiger partial charge on any atom is -0.327 e. The minimum atomic E-state index is -0.362. The molecule has 0 fully saturated rings. The first kappa shape index (κ1) is 13.2. The maximum atomic E-state index is 12.3. The van der Waals surface area contributed by atoms with E-state index in [1.165, 1.54) is 0 Å². The summed E-state index contributed by atoms with van der Waals surface area (Å²) >= 11 is 5.89. The number of carbonyl (C=O) groups excluding carboxylic acids is 2. The molecule has 1 aliphatic carbocycles. The smallest absolute Gasteiger partial charge is 0.322 e. The van der Waals surface area contributed by atoms with Crippen LogP contribution in [0.4, 0.5) is 4.79 Å². The second-order valence-electron chi connectivity index (χ2n) is 5.13. The van der Waals surface area contributed by atoms with E-state index in [1.54, 1.807) is 24.1 Å². The van der Waals surface area contributed by atoms with Crippen LogP contribution in [0, 0.1) is 0 Å². The Balaban J connectivity index is 2.09. The zero-order valence-corrected chi connectivity index (χ0v) is 11.9. The van der Waals surface area contributed by atoms with Gasteiger partial charge in [0, 0.05) is 29.8 Å². The standard InChI is InChI=1S/C15H15ClN2O2/c1-18-11-3-2-4-12(19)13(11)14(17-15(18)20)9-5-7-10(16)8-6-9/h5-8,14H,2-4H2,1H3,(H,17,20). The van der Waals surface area contributed by atoms with Gasteiger partial charge >= 0.3 is 6.03 Å². The molecular weight excluding hydrogens is 276 g/mol. The Morgan fingerprint density at radius 3 is 2.60 bits per heavy atom. The number of nitrogens with zero attached hydrogens (tertiary/aromatic N) is 1. The Morgan fingerprint density at radius 1 is 1.20 bits per heavy atom. The van der Waals surface area contributed by atoms with E-state index in [-0.39, 0.29) is 17.9 Å². The van der Waals surface area contributed by atoms with Crippen molar-refractivity contribution in [2.45, 2.75) is 25.3 Å². The number of nitrogens with one attached hydrogen (secondary N) is 1. The second kappa shape index (κ2) is 4.94. The van der Waals surface area contributed by atoms with Crippen molar-refractivity contribution < 1.29 is 9.59 Å². The lowest BCUT2D eigenvalue weighted by atomic mass is 9.85. The van der Waals surface area contributed by atoms with Gasteiger partial charge in [0.25, 0.3) is 0 Å². The molecule has 1 atom stereocenters. The molecule has 2 amide bonds. The number of hydrogen-bond acceptors (Lipinski definition) is 2. The van der Waals surface area contributed by atoms with Crippen LogP contribution >= 0.6 is 11.6 Å². The Bertz CT molecular complexity index is 607. The van der Waals surface area contributed by atoms with E-state index < -0.39 is 0 Å². The third-order valence-electron chi connectivity index (χ3n) is 3.90. The third-order valence-corrected chi connectivity index (χ3v) is 4.15. The highest BCUT2D eigenvalue weighted by Gasteiger charge is 2.37. The summed E-state index contributed by atoms with van der Waals surface area (Å²) in [7, 11) is 1.71. The first-order valence-corrected chi connectivity index (χ1v) is 7.01. The number of carbonyl (C=O) groups is 2. The normalized spacial score (nSPS) is 22.7. The fraction of sp³-hybridized carbons (Fsp3) is 0.333. The molecule has 0 saturated carbocycles. The van der Waals surface area contributed by atoms with E-state index in [9.17, 15) is 9.59 Å². The number of halogens is 1. The molecule has 0 spiro atoms. The van der Waals surface area contributed by atoms with Gasteiger partial charge in [-0.1, -0.05) is 23.7 Å². The molecule has 0 radical (unpaired) electrons. The molecular formula is C15H15ClN2O2. The molecule has 0 aromatic heterocycles. The van der Waals surface area contributed by atoms with Crippen molar-refractivity contribution in [2.75, 3.05) is 7.05 Å². The lowest BCUT2D eigenvalue weighted by molar-refractivity contribution is -0.116. The van der Waals surface area contributed by atoms with Crippen LogP contribution in [0.3, 0.4) is 0 Å². The predicted molar refractivity (Wildman–Crippen MR) is 76.4 cm³/mol. The minimum absolute atomic E-state index is 0.123. The van der Waals surface area contributed by atoms with Gasteiger partial charge in [0.05, 0.1) is 6.04 Å². The van der Waals surface area contributed by atoms with E-state index in [0.29, 0.717) is 11.4 Å². The number of rotatable bonds is 1. The van der Waals surface area contributed by atoms with Crippen molar-refractivity contribution in [3.05, 3.63) is 46.1 Å². The van der Waals surface area contributed by atoms with Crippen LogP contribution in [-0.4, -0.2) is 23.8 Å². The van der Waals surface area contributed by atoms with Crippen LogP contribution < -0.4 is 5.32 Å². The molecule has 0 saturated heterocycles. The molecule has 4 nitrogen and oxygen atoms in total. The number of urea groups is 1. The highest BCUT2D eigenvalue weighted by Crippen LogP contribution is 2.36. The molecule has 3 rings (SSSR count). The Hall–Kier alpha value is -1.81. The van der Waals surface area contributed by atoms with Crippen LogP contribution in [-0.2, 0) is 4.79 Å². The highest BCUT2D eigenvalue weighted by molar-refractivity contribution is 6.30. The quantitative estimate of drug-likeness (QED) is 0.864. The van der Waals surface area contributed by atoms with Crippen molar-refractivity contribution in [2.24, 2.45) is 0 Å². The van der Waals surface area contributed by atoms with Crippen molar-refractivity contribution in [1.29, 1.82) is 0 Å². The van der Waals surface area contributed by atoms with Gasteiger partial charge in [0.2, 0.25) is 0 Å². The Morgan fingerprint density at radius 2 is 1.90 bits per heavy atom. The van der Waals surface area contributed by atoms with E-state index in [0.717, 1.165) is 29.7 Å². The number of Topliss-reactive ketones (excluding diaryl/α,β-unsaturated/α-hetero) is 1. The summed E-state index contributed by atoms with van der Waals surface area (Å²) in [4.78, 5) is 25.9. The average Bonchev–Trinajstić information content (AvgIpc) is 2.44. The third kappa shape index (κ3) is 2.10. The number of ketones is 1. The summed E-state index contributed by atoms with van der Waals surface area (Å²) in [6.45, 7) is 0. The van der Waals surface area contributed by atoms with Crippen molar-refractivity contribution in [3.8, 4) is 0 Å². The second-order valence-corrected chi connectivity index (χ2v) is 5.57. The maximum absolute atomic E-state index is 12.3. The molecule has 20 heavy (non-hydrogen) atoms. The average molecular weight is 291 g/mol. The van der Waals surface area contributed by atoms with E-state index >= 15 is 0 Å². The molecule has 0 bridgehead atoms. The van der Waals surface area contributed by atoms with Gasteiger partial charge in [-0.3, -0.25) is 4.79 Å². The van der Waals surface area contributed by atoms with Gasteiger partial charge in [0.1, 0.15) is 0 Å². The van der Waals surface area contributed by atoms with Gasteiger partial charge in [-0.2, -0.15) is 0 Å². The molecule has 104 valence electrons. The number of benzene rings is 1. The molecule has 1 aliphatic heterocycles. The number of hydrogen-bond donors (Lipinski definition) is 1. The largest absolute Gasteiger partial charge is 0.327 e. The summed E-state index contributed by atoms with van der Waals surface area (Å²) in [6, 6.07) is 6.72. The summed E-state index contributed by atoms with van der Waals surface area (Å²) in [6.07, 6.45) is 2.13. The highest BCUT2D eigenvalue weighted by atomic mass is 35.5. The van der Waals surface area contributed by atoms with Crippen molar-refractivity contribution >= 4 is 23.4 Å². The fourth-order valence-electron chi connectivity index (χ4n) is 2.84. The first-order valence-electron chi connectivity index (χ1n) is 6.64. The predicted octanol–water partition coefficient (Wildman–Crippen LogP) is 3.04. The van der Waals surface area contributed by atoms with E-state index in [4.69, 9.17) is 11.6 Å². The summed E-state index contributed by atoms with van der Waals surface area (Å²) in [5.41, 5.74) is 2.46. The zero-order chi connectivity index (χ0) is 14.3. The van der Waals surface area contributed by atoms with Gasteiger partial charge in [-0.15, -0.1) is 0 Å². The summed E-state index contributed by atoms with van der Waals surface area (Å²) in [5.74, 6) is 0.123. The molecule has 1 N–H and O–H groups in total. The molecule has 1 heterocycles. The van der Waals surface area contributed by atoms with Gasteiger partial charge in [0.15, 0.2) is 5.78 Å². The van der Waals surface area contributed by atoms with Gasteiger partial charge < -0.3 is 10.2 Å². The lowest BCUT2D eigenvalue weighted by Gasteiger charge is -2.37. The topological polar surface area (TPSA) is 49.4 Å². The fourth-order valence-corrected chi connectivity index (χ4v) is 2.97. The van der Waals surface area contributed by atoms with Crippen LogP contribution in [0.2, 0.25) is 5.02 Å². The number of allylic oxidation sites excluding steroid dienone is 1. The molecule has 1 unspecified atom stereocenters. The summed E-state index contributed by atoms with van der Waals surface area (Å²) in [5, 5.41) is 3.53. The lowest BCUT2D eigenvalue weighted by Crippen LogP contribution is -2.47. The van der Waals surface area contributed by atoms with Crippen LogP contribution in [0.15, 0.2) is 35.5 Å². The van der Waals surface area contributed by atoms with Crippen LogP contribution in [0.25, 0.3) is 0 Å². The molecule has 2 aliphatic rings. The molecule has 1 aromatic rings. The van der Waals surface area contributed by atoms with Crippen molar-refractivity contribution in [3.63, 3.8) is 0 Å². The SMILES string of the molecule is CN1C(=O)NC(c2ccc(Cl)cc2)C2=C1CCCC2=O. The first-order chi connectivity index (χ1) is 9.58. The zero-order valence-electron chi connectivity index (χ0n) is 11.1. The van der Waals surface area contributed by atoms with Gasteiger partial charge in [-0.05, 0) is 30.5 Å². The van der Waals surface area contributed by atoms with Crippen molar-refractivity contribution in [1.82, 2.24) is 10.2 Å². The monoisotopic (exact) mass is 290 g/mol. The van der Waals surface area contributed by atoms with Crippen LogP contribution in [0.5, 0.6) is 0 Å².